The summed E-state index contributed by atoms with van der Waals surface area (Å²) in [5.41, 5.74) is 21.7. The van der Waals surface area contributed by atoms with Gasteiger partial charge in [0.1, 0.15) is 0 Å². The van der Waals surface area contributed by atoms with E-state index in [1.807, 2.05) is 0 Å². The standard InChI is InChI=1S/C65H42N2/c1-2-19-47(20-3-1)67-63-31-13-9-26-57(63)58-41-46(34-39-64(58)67)45-18-14-21-49(40-45)66(48-35-32-44(33-36-48)52-27-15-17-43-16-4-5-22-51(43)52)50-37-38-56-55-25-8-12-30-61(55)65(62(56)42-50)59-28-10-6-23-53(59)54-24-7-11-29-60(54)65/h1-42H. The summed E-state index contributed by atoms with van der Waals surface area (Å²) in [7, 11) is 0. The lowest BCUT2D eigenvalue weighted by molar-refractivity contribution is 0.793. The van der Waals surface area contributed by atoms with Gasteiger partial charge in [-0.1, -0.05) is 188 Å². The third kappa shape index (κ3) is 5.51. The Morgan fingerprint density at radius 1 is 0.284 bits per heavy atom. The van der Waals surface area contributed by atoms with Gasteiger partial charge < -0.3 is 9.47 Å². The van der Waals surface area contributed by atoms with Crippen molar-refractivity contribution >= 4 is 49.6 Å². The van der Waals surface area contributed by atoms with Crippen LogP contribution in [0.15, 0.2) is 255 Å². The molecule has 0 bridgehead atoms. The number of benzene rings is 11. The second-order valence-corrected chi connectivity index (χ2v) is 18.0. The predicted molar refractivity (Wildman–Crippen MR) is 280 cm³/mol. The largest absolute Gasteiger partial charge is 0.310 e. The summed E-state index contributed by atoms with van der Waals surface area (Å²) in [6.07, 6.45) is 0. The van der Waals surface area contributed by atoms with Crippen LogP contribution in [0.5, 0.6) is 0 Å². The molecular weight excluding hydrogens is 809 g/mol. The number of aromatic nitrogens is 1. The maximum atomic E-state index is 2.49. The molecule has 2 nitrogen and oxygen atoms in total. The van der Waals surface area contributed by atoms with Crippen LogP contribution in [0.3, 0.4) is 0 Å². The molecule has 0 saturated carbocycles. The van der Waals surface area contributed by atoms with E-state index in [9.17, 15) is 0 Å². The molecule has 12 aromatic rings. The zero-order valence-electron chi connectivity index (χ0n) is 36.6. The van der Waals surface area contributed by atoms with Gasteiger partial charge in [-0.2, -0.15) is 0 Å². The Labute approximate surface area is 389 Å². The molecule has 14 rings (SSSR count). The van der Waals surface area contributed by atoms with Gasteiger partial charge in [-0.15, -0.1) is 0 Å². The molecule has 2 aliphatic rings. The molecule has 0 atom stereocenters. The summed E-state index contributed by atoms with van der Waals surface area (Å²) in [4.78, 5) is 2.46. The number of rotatable bonds is 6. The quantitative estimate of drug-likeness (QED) is 0.162. The van der Waals surface area contributed by atoms with E-state index < -0.39 is 5.41 Å². The summed E-state index contributed by atoms with van der Waals surface area (Å²) in [5.74, 6) is 0. The molecule has 2 aliphatic carbocycles. The van der Waals surface area contributed by atoms with Gasteiger partial charge in [0.15, 0.2) is 0 Å². The van der Waals surface area contributed by atoms with Crippen LogP contribution < -0.4 is 4.90 Å². The first-order chi connectivity index (χ1) is 33.2. The maximum Gasteiger partial charge on any atom is 0.0726 e. The SMILES string of the molecule is c1ccc(-n2c3ccccc3c3cc(-c4cccc(N(c5ccc(-c6cccc7ccccc67)cc5)c5ccc6c(c5)C5(c7ccccc7-c7ccccc75)c5ccccc5-6)c4)ccc32)cc1. The minimum atomic E-state index is -0.449. The fourth-order valence-corrected chi connectivity index (χ4v) is 11.8. The van der Waals surface area contributed by atoms with Crippen molar-refractivity contribution in [2.75, 3.05) is 4.90 Å². The number of hydrogen-bond donors (Lipinski definition) is 0. The van der Waals surface area contributed by atoms with Gasteiger partial charge in [-0.3, -0.25) is 0 Å². The van der Waals surface area contributed by atoms with Crippen molar-refractivity contribution in [1.29, 1.82) is 0 Å². The second kappa shape index (κ2) is 14.7. The molecule has 1 aromatic heterocycles. The first-order valence-corrected chi connectivity index (χ1v) is 23.3. The number of nitrogens with zero attached hydrogens (tertiary/aromatic N) is 2. The lowest BCUT2D eigenvalue weighted by Crippen LogP contribution is -2.26. The van der Waals surface area contributed by atoms with Crippen LogP contribution in [-0.4, -0.2) is 4.57 Å². The van der Waals surface area contributed by atoms with Crippen molar-refractivity contribution < 1.29 is 0 Å². The van der Waals surface area contributed by atoms with Gasteiger partial charge in [-0.25, -0.2) is 0 Å². The number of para-hydroxylation sites is 2. The average Bonchev–Trinajstić information content (AvgIpc) is 4.01. The summed E-state index contributed by atoms with van der Waals surface area (Å²) >= 11 is 0. The number of fused-ring (bicyclic) bond motifs is 14. The van der Waals surface area contributed by atoms with Crippen LogP contribution in [-0.2, 0) is 5.41 Å². The molecule has 0 radical (unpaired) electrons. The molecule has 0 aliphatic heterocycles. The first-order valence-electron chi connectivity index (χ1n) is 23.3. The van der Waals surface area contributed by atoms with Crippen molar-refractivity contribution in [3.63, 3.8) is 0 Å². The minimum absolute atomic E-state index is 0.449. The monoisotopic (exact) mass is 850 g/mol. The molecule has 0 amide bonds. The normalized spacial score (nSPS) is 12.9. The van der Waals surface area contributed by atoms with Crippen LogP contribution >= 0.6 is 0 Å². The smallest absolute Gasteiger partial charge is 0.0726 e. The van der Waals surface area contributed by atoms with E-state index in [1.54, 1.807) is 0 Å². The van der Waals surface area contributed by atoms with Crippen molar-refractivity contribution in [2.45, 2.75) is 5.41 Å². The van der Waals surface area contributed by atoms with E-state index in [0.29, 0.717) is 0 Å². The highest BCUT2D eigenvalue weighted by Gasteiger charge is 2.51. The van der Waals surface area contributed by atoms with Gasteiger partial charge >= 0.3 is 0 Å². The third-order valence-electron chi connectivity index (χ3n) is 14.6. The second-order valence-electron chi connectivity index (χ2n) is 18.0. The van der Waals surface area contributed by atoms with Gasteiger partial charge in [0.2, 0.25) is 0 Å². The Morgan fingerprint density at radius 2 is 0.806 bits per heavy atom. The fraction of sp³-hybridized carbons (Fsp3) is 0.0154. The van der Waals surface area contributed by atoms with Crippen LogP contribution in [0.4, 0.5) is 17.1 Å². The van der Waals surface area contributed by atoms with Gasteiger partial charge in [0.25, 0.3) is 0 Å². The van der Waals surface area contributed by atoms with Crippen molar-refractivity contribution in [3.8, 4) is 50.2 Å². The van der Waals surface area contributed by atoms with E-state index >= 15 is 0 Å². The van der Waals surface area contributed by atoms with Crippen LogP contribution in [0.25, 0.3) is 82.8 Å². The zero-order chi connectivity index (χ0) is 44.1. The fourth-order valence-electron chi connectivity index (χ4n) is 11.8. The van der Waals surface area contributed by atoms with Crippen molar-refractivity contribution in [1.82, 2.24) is 4.57 Å². The van der Waals surface area contributed by atoms with E-state index in [0.717, 1.165) is 28.3 Å². The van der Waals surface area contributed by atoms with Crippen molar-refractivity contribution in [2.24, 2.45) is 0 Å². The average molecular weight is 851 g/mol. The zero-order valence-corrected chi connectivity index (χ0v) is 36.6. The predicted octanol–water partition coefficient (Wildman–Crippen LogP) is 17.1. The van der Waals surface area contributed by atoms with Gasteiger partial charge in [0, 0.05) is 33.5 Å². The lowest BCUT2D eigenvalue weighted by Gasteiger charge is -2.32. The number of anilines is 3. The number of hydrogen-bond acceptors (Lipinski definition) is 1. The van der Waals surface area contributed by atoms with Crippen LogP contribution in [0.1, 0.15) is 22.3 Å². The Kier molecular flexibility index (Phi) is 8.23. The van der Waals surface area contributed by atoms with E-state index in [-0.39, 0.29) is 0 Å². The molecule has 1 spiro atoms. The molecule has 312 valence electrons. The Bertz CT molecular complexity index is 3860. The molecule has 0 unspecified atom stereocenters. The molecule has 2 heteroatoms. The molecule has 67 heavy (non-hydrogen) atoms. The van der Waals surface area contributed by atoms with Gasteiger partial charge in [0.05, 0.1) is 16.4 Å². The summed E-state index contributed by atoms with van der Waals surface area (Å²) in [5, 5.41) is 4.99. The Hall–Kier alpha value is -8.72. The summed E-state index contributed by atoms with van der Waals surface area (Å²) in [6, 6.07) is 94.3. The highest BCUT2D eigenvalue weighted by Crippen LogP contribution is 2.63. The highest BCUT2D eigenvalue weighted by atomic mass is 15.1. The topological polar surface area (TPSA) is 8.17 Å². The van der Waals surface area contributed by atoms with E-state index in [2.05, 4.69) is 264 Å². The molecule has 11 aromatic carbocycles. The molecule has 0 fully saturated rings. The molecule has 0 N–H and O–H groups in total. The molecule has 1 heterocycles. The van der Waals surface area contributed by atoms with Gasteiger partial charge in [-0.05, 0) is 144 Å². The molecular formula is C65H42N2. The van der Waals surface area contributed by atoms with Crippen LogP contribution in [0.2, 0.25) is 0 Å². The Balaban J connectivity index is 0.964. The van der Waals surface area contributed by atoms with Crippen molar-refractivity contribution in [3.05, 3.63) is 277 Å². The maximum absolute atomic E-state index is 2.49. The van der Waals surface area contributed by atoms with Crippen LogP contribution in [0, 0.1) is 0 Å². The molecule has 0 saturated heterocycles. The third-order valence-corrected chi connectivity index (χ3v) is 14.6. The van der Waals surface area contributed by atoms with E-state index in [4.69, 9.17) is 0 Å². The Morgan fingerprint density at radius 3 is 1.55 bits per heavy atom. The minimum Gasteiger partial charge on any atom is -0.310 e. The summed E-state index contributed by atoms with van der Waals surface area (Å²) in [6.45, 7) is 0. The lowest BCUT2D eigenvalue weighted by atomic mass is 9.70. The highest BCUT2D eigenvalue weighted by molar-refractivity contribution is 6.10. The first kappa shape index (κ1) is 37.6. The van der Waals surface area contributed by atoms with E-state index in [1.165, 1.54) is 93.8 Å². The summed E-state index contributed by atoms with van der Waals surface area (Å²) < 4.78 is 2.38.